The van der Waals surface area contributed by atoms with Crippen LogP contribution in [0.2, 0.25) is 0 Å². The molecule has 1 rings (SSSR count). The number of hydrogen-bond acceptors (Lipinski definition) is 5. The van der Waals surface area contributed by atoms with Crippen molar-refractivity contribution in [2.45, 2.75) is 0 Å². The second kappa shape index (κ2) is 1.59. The van der Waals surface area contributed by atoms with Gasteiger partial charge in [-0.1, -0.05) is 0 Å². The third-order valence-electron chi connectivity index (χ3n) is 0.671. The fraction of sp³-hybridized carbons (Fsp3) is 0.500. The molecule has 0 amide bonds. The molecule has 0 spiro atoms. The Bertz CT molecular complexity index is 91.7. The first-order valence-electron chi connectivity index (χ1n) is 1.81. The number of hydrazone groups is 1. The Balaban J connectivity index is 2.45. The predicted octanol–water partition coefficient (Wildman–Crippen LogP) is -0.558. The number of nitrogens with one attached hydrogen (secondary N) is 1. The van der Waals surface area contributed by atoms with Crippen LogP contribution in [0.1, 0.15) is 0 Å². The molecule has 0 bridgehead atoms. The molecule has 7 heavy (non-hydrogen) atoms. The van der Waals surface area contributed by atoms with E-state index in [-0.39, 0.29) is 0 Å². The Kier molecular flexibility index (Phi) is 1.07. The van der Waals surface area contributed by atoms with Gasteiger partial charge >= 0.3 is 0 Å². The van der Waals surface area contributed by atoms with Crippen LogP contribution in [0.3, 0.4) is 0 Å². The van der Waals surface area contributed by atoms with Crippen molar-refractivity contribution in [2.24, 2.45) is 5.10 Å². The normalized spacial score (nSPS) is 20.6. The van der Waals surface area contributed by atoms with Gasteiger partial charge < -0.3 is 0 Å². The van der Waals surface area contributed by atoms with Crippen molar-refractivity contribution < 1.29 is 0 Å². The summed E-state index contributed by atoms with van der Waals surface area (Å²) < 4.78 is 1.53. The maximum Gasteiger partial charge on any atom is 0.140 e. The van der Waals surface area contributed by atoms with Gasteiger partial charge in [0.1, 0.15) is 6.34 Å². The molecule has 0 aliphatic carbocycles. The maximum absolute atomic E-state index is 3.93. The lowest BCUT2D eigenvalue weighted by Gasteiger charge is -2.13. The third kappa shape index (κ3) is 0.779. The first-order chi connectivity index (χ1) is 3.30. The quantitative estimate of drug-likeness (QED) is 0.418. The minimum absolute atomic E-state index is 1.53. The molecule has 0 radical (unpaired) electrons. The Hall–Kier alpha value is -0.420. The van der Waals surface area contributed by atoms with E-state index in [9.17, 15) is 0 Å². The van der Waals surface area contributed by atoms with Crippen LogP contribution in [-0.4, -0.2) is 22.9 Å². The fourth-order valence-electron chi connectivity index (χ4n) is 0.284. The van der Waals surface area contributed by atoms with E-state index >= 15 is 0 Å². The van der Waals surface area contributed by atoms with Gasteiger partial charge in [0.25, 0.3) is 0 Å². The van der Waals surface area contributed by atoms with Gasteiger partial charge in [0, 0.05) is 7.05 Å². The van der Waals surface area contributed by atoms with E-state index in [1.807, 2.05) is 0 Å². The Morgan fingerprint density at radius 2 is 2.57 bits per heavy atom. The molecule has 0 aromatic carbocycles. The molecule has 4 nitrogen and oxygen atoms in total. The molecule has 1 aliphatic heterocycles. The van der Waals surface area contributed by atoms with Crippen molar-refractivity contribution >= 4 is 19.2 Å². The summed E-state index contributed by atoms with van der Waals surface area (Å²) in [4.78, 5) is 0. The van der Waals surface area contributed by atoms with E-state index in [1.165, 1.54) is 4.41 Å². The first kappa shape index (κ1) is 4.73. The molecule has 5 heteroatoms. The van der Waals surface area contributed by atoms with Crippen molar-refractivity contribution in [1.29, 1.82) is 0 Å². The van der Waals surface area contributed by atoms with E-state index in [1.54, 1.807) is 18.5 Å². The molecule has 0 fully saturated rings. The van der Waals surface area contributed by atoms with Gasteiger partial charge in [-0.15, -0.1) is 5.12 Å². The molecule has 0 aromatic heterocycles. The summed E-state index contributed by atoms with van der Waals surface area (Å²) >= 11 is 3.93. The maximum atomic E-state index is 3.93. The summed E-state index contributed by atoms with van der Waals surface area (Å²) in [7, 11) is 1.81. The minimum atomic E-state index is 1.53. The van der Waals surface area contributed by atoms with E-state index in [4.69, 9.17) is 0 Å². The molecule has 0 atom stereocenters. The van der Waals surface area contributed by atoms with Crippen LogP contribution < -0.4 is 5.53 Å². The molecule has 0 saturated carbocycles. The van der Waals surface area contributed by atoms with Crippen molar-refractivity contribution in [2.75, 3.05) is 7.05 Å². The Labute approximate surface area is 47.3 Å². The second-order valence-electron chi connectivity index (χ2n) is 1.19. The number of hydrazine groups is 2. The van der Waals surface area contributed by atoms with Crippen LogP contribution >= 0.6 is 12.8 Å². The average Bonchev–Trinajstić information content (AvgIpc) is 1.91. The topological polar surface area (TPSA) is 30.9 Å². The van der Waals surface area contributed by atoms with E-state index in [2.05, 4.69) is 23.5 Å². The Morgan fingerprint density at radius 1 is 1.86 bits per heavy atom. The summed E-state index contributed by atoms with van der Waals surface area (Å²) in [6.07, 6.45) is 1.56. The predicted molar refractivity (Wildman–Crippen MR) is 30.2 cm³/mol. The van der Waals surface area contributed by atoms with Gasteiger partial charge in [0.15, 0.2) is 0 Å². The molecule has 1 N–H and O–H groups in total. The first-order valence-corrected chi connectivity index (χ1v) is 2.21. The van der Waals surface area contributed by atoms with Gasteiger partial charge in [-0.05, 0) is 12.8 Å². The molecular weight excluding hydrogens is 112 g/mol. The van der Waals surface area contributed by atoms with Crippen molar-refractivity contribution in [3.05, 3.63) is 0 Å². The highest BCUT2D eigenvalue weighted by Crippen LogP contribution is 1.94. The van der Waals surface area contributed by atoms with Crippen LogP contribution in [-0.2, 0) is 0 Å². The molecule has 1 aliphatic rings. The lowest BCUT2D eigenvalue weighted by Crippen LogP contribution is -2.32. The summed E-state index contributed by atoms with van der Waals surface area (Å²) in [6, 6.07) is 0. The molecule has 40 valence electrons. The third-order valence-corrected chi connectivity index (χ3v) is 1.04. The lowest BCUT2D eigenvalue weighted by molar-refractivity contribution is 0.141. The van der Waals surface area contributed by atoms with E-state index in [0.717, 1.165) is 0 Å². The van der Waals surface area contributed by atoms with Gasteiger partial charge in [0.05, 0.1) is 0 Å². The Morgan fingerprint density at radius 3 is 2.71 bits per heavy atom. The second-order valence-corrected chi connectivity index (χ2v) is 1.60. The minimum Gasteiger partial charge on any atom is -0.220 e. The van der Waals surface area contributed by atoms with Crippen molar-refractivity contribution in [3.63, 3.8) is 0 Å². The van der Waals surface area contributed by atoms with Gasteiger partial charge in [-0.25, -0.2) is 9.95 Å². The zero-order valence-electron chi connectivity index (χ0n) is 3.87. The largest absolute Gasteiger partial charge is 0.220 e. The highest BCUT2D eigenvalue weighted by atomic mass is 32.1. The monoisotopic (exact) mass is 118 g/mol. The van der Waals surface area contributed by atoms with E-state index < -0.39 is 0 Å². The number of rotatable bonds is 0. The molecule has 1 heterocycles. The van der Waals surface area contributed by atoms with Crippen LogP contribution in [0.4, 0.5) is 0 Å². The smallest absolute Gasteiger partial charge is 0.140 e. The summed E-state index contributed by atoms with van der Waals surface area (Å²) in [5, 5.41) is 5.27. The van der Waals surface area contributed by atoms with Crippen LogP contribution in [0, 0.1) is 0 Å². The van der Waals surface area contributed by atoms with Crippen molar-refractivity contribution in [1.82, 2.24) is 15.1 Å². The highest BCUT2D eigenvalue weighted by Gasteiger charge is 2.04. The zero-order valence-corrected chi connectivity index (χ0v) is 4.76. The summed E-state index contributed by atoms with van der Waals surface area (Å²) in [5.74, 6) is 0. The summed E-state index contributed by atoms with van der Waals surface area (Å²) in [6.45, 7) is 0. The average molecular weight is 118 g/mol. The molecule has 0 saturated heterocycles. The van der Waals surface area contributed by atoms with Gasteiger partial charge in [-0.3, -0.25) is 0 Å². The zero-order chi connectivity index (χ0) is 5.28. The highest BCUT2D eigenvalue weighted by molar-refractivity contribution is 7.78. The van der Waals surface area contributed by atoms with Crippen LogP contribution in [0.25, 0.3) is 0 Å². The van der Waals surface area contributed by atoms with Crippen molar-refractivity contribution in [3.8, 4) is 0 Å². The van der Waals surface area contributed by atoms with Crippen LogP contribution in [0.5, 0.6) is 0 Å². The van der Waals surface area contributed by atoms with Gasteiger partial charge in [-0.2, -0.15) is 5.10 Å². The van der Waals surface area contributed by atoms with Gasteiger partial charge in [0.2, 0.25) is 0 Å². The SMILES string of the molecule is CN1NN=CN1S. The molecule has 0 aromatic rings. The number of thiol groups is 1. The lowest BCUT2D eigenvalue weighted by atomic mass is 11.3. The standard InChI is InChI=1S/C2H6N4S/c1-5-4-3-2-6(5)7/h2,4,7H,1H3. The fourth-order valence-corrected chi connectivity index (χ4v) is 0.376. The number of nitrogens with zero attached hydrogens (tertiary/aromatic N) is 3. The van der Waals surface area contributed by atoms with Crippen LogP contribution in [0.15, 0.2) is 5.10 Å². The summed E-state index contributed by atoms with van der Waals surface area (Å²) in [5.41, 5.74) is 2.62. The number of hydrogen-bond donors (Lipinski definition) is 2. The molecular formula is C2H6N4S. The van der Waals surface area contributed by atoms with E-state index in [0.29, 0.717) is 0 Å². The molecule has 0 unspecified atom stereocenters.